The molecule has 7 nitrogen and oxygen atoms in total. The number of nitrogens with zero attached hydrogens (tertiary/aromatic N) is 1. The van der Waals surface area contributed by atoms with Crippen LogP contribution in [0.5, 0.6) is 11.5 Å². The lowest BCUT2D eigenvalue weighted by Crippen LogP contribution is -2.41. The molecule has 30 heavy (non-hydrogen) atoms. The van der Waals surface area contributed by atoms with Gasteiger partial charge in [0.25, 0.3) is 0 Å². The zero-order valence-corrected chi connectivity index (χ0v) is 17.4. The second kappa shape index (κ2) is 10.8. The van der Waals surface area contributed by atoms with Crippen molar-refractivity contribution in [2.24, 2.45) is 5.10 Å². The molecule has 160 valence electrons. The van der Waals surface area contributed by atoms with Crippen molar-refractivity contribution < 1.29 is 23.7 Å². The van der Waals surface area contributed by atoms with Crippen LogP contribution < -0.4 is 14.9 Å². The quantitative estimate of drug-likeness (QED) is 0.502. The number of hydrogen-bond acceptors (Lipinski definition) is 6. The van der Waals surface area contributed by atoms with Gasteiger partial charge in [-0.3, -0.25) is 4.79 Å². The van der Waals surface area contributed by atoms with Gasteiger partial charge >= 0.3 is 0 Å². The highest BCUT2D eigenvalue weighted by atomic mass is 16.7. The number of carbonyl (C=O) groups is 1. The Kier molecular flexibility index (Phi) is 7.82. The Morgan fingerprint density at radius 1 is 1.13 bits per heavy atom. The van der Waals surface area contributed by atoms with Crippen molar-refractivity contribution in [1.82, 2.24) is 5.43 Å². The van der Waals surface area contributed by atoms with Gasteiger partial charge in [-0.05, 0) is 49.6 Å². The minimum atomic E-state index is -0.891. The second-order valence-electron chi connectivity index (χ2n) is 7.07. The number of ether oxygens (including phenoxy) is 4. The van der Waals surface area contributed by atoms with Gasteiger partial charge in [0.2, 0.25) is 5.91 Å². The summed E-state index contributed by atoms with van der Waals surface area (Å²) in [4.78, 5) is 12.1. The first-order valence-electron chi connectivity index (χ1n) is 10.1. The van der Waals surface area contributed by atoms with Crippen LogP contribution in [0.25, 0.3) is 0 Å². The maximum atomic E-state index is 12.1. The molecule has 1 amide bonds. The average molecular weight is 412 g/mol. The second-order valence-corrected chi connectivity index (χ2v) is 7.07. The van der Waals surface area contributed by atoms with E-state index in [-0.39, 0.29) is 12.3 Å². The predicted molar refractivity (Wildman–Crippen MR) is 114 cm³/mol. The fourth-order valence-corrected chi connectivity index (χ4v) is 3.02. The third kappa shape index (κ3) is 6.57. The zero-order chi connectivity index (χ0) is 21.2. The van der Waals surface area contributed by atoms with Gasteiger partial charge < -0.3 is 18.9 Å². The standard InChI is InChI=1S/C23H28N2O5/c1-3-27-21-14-19(10-11-20(21)28-17-18-8-5-4-6-9-18)16-24-25-22(26)15-23(2)29-12-7-13-30-23/h4-6,8-11,14,16H,3,7,12-13,15,17H2,1-2H3,(H,25,26)/b24-16-. The lowest BCUT2D eigenvalue weighted by Gasteiger charge is -2.33. The smallest absolute Gasteiger partial charge is 0.245 e. The van der Waals surface area contributed by atoms with Gasteiger partial charge in [-0.15, -0.1) is 0 Å². The first-order chi connectivity index (χ1) is 14.6. The van der Waals surface area contributed by atoms with E-state index in [0.717, 1.165) is 17.5 Å². The first kappa shape index (κ1) is 21.8. The Morgan fingerprint density at radius 3 is 2.63 bits per heavy atom. The van der Waals surface area contributed by atoms with E-state index in [1.54, 1.807) is 13.1 Å². The molecule has 0 atom stereocenters. The van der Waals surface area contributed by atoms with E-state index in [2.05, 4.69) is 10.5 Å². The van der Waals surface area contributed by atoms with Crippen LogP contribution in [0.2, 0.25) is 0 Å². The van der Waals surface area contributed by atoms with Gasteiger partial charge in [0.1, 0.15) is 6.61 Å². The molecule has 3 rings (SSSR count). The van der Waals surface area contributed by atoms with E-state index in [0.29, 0.717) is 37.9 Å². The summed E-state index contributed by atoms with van der Waals surface area (Å²) >= 11 is 0. The van der Waals surface area contributed by atoms with Crippen LogP contribution in [0.3, 0.4) is 0 Å². The molecule has 1 fully saturated rings. The molecule has 2 aromatic rings. The molecule has 0 aliphatic carbocycles. The van der Waals surface area contributed by atoms with Crippen molar-refractivity contribution in [2.45, 2.75) is 39.1 Å². The zero-order valence-electron chi connectivity index (χ0n) is 17.4. The molecule has 0 aromatic heterocycles. The number of amides is 1. The van der Waals surface area contributed by atoms with Crippen LogP contribution in [0.1, 0.15) is 37.8 Å². The summed E-state index contributed by atoms with van der Waals surface area (Å²) in [5.74, 6) is 0.114. The van der Waals surface area contributed by atoms with Crippen molar-refractivity contribution in [3.63, 3.8) is 0 Å². The van der Waals surface area contributed by atoms with Crippen LogP contribution in [0.15, 0.2) is 53.6 Å². The molecular weight excluding hydrogens is 384 g/mol. The van der Waals surface area contributed by atoms with Crippen LogP contribution in [-0.4, -0.2) is 37.7 Å². The molecule has 0 unspecified atom stereocenters. The van der Waals surface area contributed by atoms with Crippen LogP contribution >= 0.6 is 0 Å². The normalized spacial score (nSPS) is 15.7. The highest BCUT2D eigenvalue weighted by Crippen LogP contribution is 2.29. The summed E-state index contributed by atoms with van der Waals surface area (Å²) in [6.07, 6.45) is 2.48. The van der Waals surface area contributed by atoms with Crippen molar-refractivity contribution >= 4 is 12.1 Å². The largest absolute Gasteiger partial charge is 0.490 e. The van der Waals surface area contributed by atoms with Gasteiger partial charge in [0, 0.05) is 0 Å². The number of rotatable bonds is 9. The van der Waals surface area contributed by atoms with Crippen molar-refractivity contribution in [2.75, 3.05) is 19.8 Å². The molecule has 1 aliphatic rings. The fraction of sp³-hybridized carbons (Fsp3) is 0.391. The molecule has 1 heterocycles. The molecule has 2 aromatic carbocycles. The fourth-order valence-electron chi connectivity index (χ4n) is 3.02. The minimum Gasteiger partial charge on any atom is -0.490 e. The summed E-state index contributed by atoms with van der Waals surface area (Å²) in [6.45, 7) is 5.82. The molecule has 0 bridgehead atoms. The van der Waals surface area contributed by atoms with Crippen LogP contribution in [-0.2, 0) is 20.9 Å². The summed E-state index contributed by atoms with van der Waals surface area (Å²) in [6, 6.07) is 15.5. The first-order valence-corrected chi connectivity index (χ1v) is 10.1. The van der Waals surface area contributed by atoms with E-state index in [1.165, 1.54) is 0 Å². The van der Waals surface area contributed by atoms with Gasteiger partial charge in [0.15, 0.2) is 17.3 Å². The van der Waals surface area contributed by atoms with Gasteiger partial charge in [-0.25, -0.2) is 5.43 Å². The SMILES string of the molecule is CCOc1cc(/C=N\NC(=O)CC2(C)OCCCO2)ccc1OCc1ccccc1. The molecule has 0 spiro atoms. The van der Waals surface area contributed by atoms with Gasteiger partial charge in [0.05, 0.1) is 32.5 Å². The lowest BCUT2D eigenvalue weighted by molar-refractivity contribution is -0.256. The monoisotopic (exact) mass is 412 g/mol. The number of hydrogen-bond donors (Lipinski definition) is 1. The summed E-state index contributed by atoms with van der Waals surface area (Å²) < 4.78 is 22.7. The molecule has 0 saturated carbocycles. The molecule has 0 radical (unpaired) electrons. The third-order valence-electron chi connectivity index (χ3n) is 4.49. The summed E-state index contributed by atoms with van der Waals surface area (Å²) in [7, 11) is 0. The Labute approximate surface area is 177 Å². The van der Waals surface area contributed by atoms with Gasteiger partial charge in [-0.2, -0.15) is 5.10 Å². The Balaban J connectivity index is 1.57. The molecule has 1 saturated heterocycles. The number of benzene rings is 2. The number of carbonyl (C=O) groups excluding carboxylic acids is 1. The van der Waals surface area contributed by atoms with Crippen molar-refractivity contribution in [1.29, 1.82) is 0 Å². The third-order valence-corrected chi connectivity index (χ3v) is 4.49. The molecule has 7 heteroatoms. The van der Waals surface area contributed by atoms with E-state index < -0.39 is 5.79 Å². The highest BCUT2D eigenvalue weighted by Gasteiger charge is 2.31. The van der Waals surface area contributed by atoms with E-state index in [4.69, 9.17) is 18.9 Å². The average Bonchev–Trinajstić information content (AvgIpc) is 2.74. The van der Waals surface area contributed by atoms with Crippen molar-refractivity contribution in [3.05, 3.63) is 59.7 Å². The number of hydrazone groups is 1. The Bertz CT molecular complexity index is 848. The lowest BCUT2D eigenvalue weighted by atomic mass is 10.2. The van der Waals surface area contributed by atoms with Crippen LogP contribution in [0, 0.1) is 0 Å². The Morgan fingerprint density at radius 2 is 1.90 bits per heavy atom. The molecular formula is C23H28N2O5. The summed E-state index contributed by atoms with van der Waals surface area (Å²) in [5.41, 5.74) is 4.37. The molecule has 1 N–H and O–H groups in total. The Hall–Kier alpha value is -2.90. The predicted octanol–water partition coefficient (Wildman–Crippen LogP) is 3.66. The minimum absolute atomic E-state index is 0.0841. The van der Waals surface area contributed by atoms with Crippen molar-refractivity contribution in [3.8, 4) is 11.5 Å². The van der Waals surface area contributed by atoms with E-state index in [1.807, 2.05) is 55.5 Å². The van der Waals surface area contributed by atoms with E-state index >= 15 is 0 Å². The molecule has 1 aliphatic heterocycles. The maximum absolute atomic E-state index is 12.1. The van der Waals surface area contributed by atoms with Crippen LogP contribution in [0.4, 0.5) is 0 Å². The highest BCUT2D eigenvalue weighted by molar-refractivity contribution is 5.83. The van der Waals surface area contributed by atoms with E-state index in [9.17, 15) is 4.79 Å². The topological polar surface area (TPSA) is 78.4 Å². The van der Waals surface area contributed by atoms with Gasteiger partial charge in [-0.1, -0.05) is 30.3 Å². The maximum Gasteiger partial charge on any atom is 0.245 e. The number of nitrogens with one attached hydrogen (secondary N) is 1. The summed E-state index contributed by atoms with van der Waals surface area (Å²) in [5, 5.41) is 4.03.